The van der Waals surface area contributed by atoms with Gasteiger partial charge < -0.3 is 4.74 Å². The summed E-state index contributed by atoms with van der Waals surface area (Å²) in [5, 5.41) is 10.5. The van der Waals surface area contributed by atoms with Crippen molar-refractivity contribution in [1.82, 2.24) is 0 Å². The highest BCUT2D eigenvalue weighted by molar-refractivity contribution is 5.46. The van der Waals surface area contributed by atoms with Crippen LogP contribution < -0.4 is 4.74 Å². The first-order valence-corrected chi connectivity index (χ1v) is 4.44. The Morgan fingerprint density at radius 3 is 2.86 bits per heavy atom. The first-order chi connectivity index (χ1) is 6.48. The Labute approximate surface area is 81.7 Å². The summed E-state index contributed by atoms with van der Waals surface area (Å²) in [5.74, 6) is 0.764. The molecule has 0 fully saturated rings. The molecule has 4 heteroatoms. The van der Waals surface area contributed by atoms with Crippen LogP contribution in [0, 0.1) is 10.1 Å². The molecule has 0 unspecified atom stereocenters. The largest absolute Gasteiger partial charge is 0.487 e. The summed E-state index contributed by atoms with van der Waals surface area (Å²) in [6, 6.07) is 4.73. The third kappa shape index (κ3) is 1.43. The second-order valence-corrected chi connectivity index (χ2v) is 4.09. The molecule has 1 aliphatic rings. The van der Waals surface area contributed by atoms with E-state index in [4.69, 9.17) is 4.74 Å². The van der Waals surface area contributed by atoms with Crippen molar-refractivity contribution in [2.24, 2.45) is 0 Å². The van der Waals surface area contributed by atoms with E-state index in [1.165, 1.54) is 6.07 Å². The average molecular weight is 193 g/mol. The maximum absolute atomic E-state index is 10.5. The molecule has 0 bridgehead atoms. The van der Waals surface area contributed by atoms with Gasteiger partial charge in [0.25, 0.3) is 5.69 Å². The fraction of sp³-hybridized carbons (Fsp3) is 0.400. The summed E-state index contributed by atoms with van der Waals surface area (Å²) in [7, 11) is 0. The van der Waals surface area contributed by atoms with E-state index in [1.807, 2.05) is 13.8 Å². The van der Waals surface area contributed by atoms with Gasteiger partial charge in [-0.25, -0.2) is 0 Å². The second kappa shape index (κ2) is 2.70. The highest BCUT2D eigenvalue weighted by atomic mass is 16.6. The predicted molar refractivity (Wildman–Crippen MR) is 51.5 cm³/mol. The van der Waals surface area contributed by atoms with Crippen LogP contribution in [0.15, 0.2) is 18.2 Å². The highest BCUT2D eigenvalue weighted by Crippen LogP contribution is 2.36. The van der Waals surface area contributed by atoms with Gasteiger partial charge in [0.15, 0.2) is 0 Å². The smallest absolute Gasteiger partial charge is 0.269 e. The molecule has 0 N–H and O–H groups in total. The molecule has 1 aliphatic heterocycles. The van der Waals surface area contributed by atoms with Crippen LogP contribution in [0.2, 0.25) is 0 Å². The van der Waals surface area contributed by atoms with Crippen molar-refractivity contribution < 1.29 is 9.66 Å². The van der Waals surface area contributed by atoms with E-state index in [0.29, 0.717) is 0 Å². The molecule has 0 spiro atoms. The molecule has 0 aromatic heterocycles. The Morgan fingerprint density at radius 2 is 2.21 bits per heavy atom. The second-order valence-electron chi connectivity index (χ2n) is 4.09. The molecular formula is C10H11NO3. The highest BCUT2D eigenvalue weighted by Gasteiger charge is 2.30. The van der Waals surface area contributed by atoms with Crippen LogP contribution in [0.3, 0.4) is 0 Å². The van der Waals surface area contributed by atoms with Crippen molar-refractivity contribution in [2.75, 3.05) is 0 Å². The van der Waals surface area contributed by atoms with Gasteiger partial charge in [-0.05, 0) is 19.9 Å². The summed E-state index contributed by atoms with van der Waals surface area (Å²) in [6.07, 6.45) is 0.726. The molecule has 2 rings (SSSR count). The van der Waals surface area contributed by atoms with Gasteiger partial charge in [0.05, 0.1) is 4.92 Å². The standard InChI is InChI=1S/C10H11NO3/c1-10(2)6-7-5-8(11(12)13)3-4-9(7)14-10/h3-5H,6H2,1-2H3. The molecule has 0 saturated carbocycles. The zero-order valence-electron chi connectivity index (χ0n) is 8.11. The normalized spacial score (nSPS) is 17.3. The maximum atomic E-state index is 10.5. The van der Waals surface area contributed by atoms with Gasteiger partial charge in [-0.2, -0.15) is 0 Å². The number of nitrogens with zero attached hydrogens (tertiary/aromatic N) is 1. The van der Waals surface area contributed by atoms with E-state index in [1.54, 1.807) is 12.1 Å². The number of nitro benzene ring substituents is 1. The number of benzene rings is 1. The van der Waals surface area contributed by atoms with Gasteiger partial charge in [0.1, 0.15) is 11.4 Å². The number of hydrogen-bond acceptors (Lipinski definition) is 3. The van der Waals surface area contributed by atoms with Crippen LogP contribution in [-0.2, 0) is 6.42 Å². The Bertz CT molecular complexity index is 398. The Morgan fingerprint density at radius 1 is 1.50 bits per heavy atom. The lowest BCUT2D eigenvalue weighted by atomic mass is 10.0. The van der Waals surface area contributed by atoms with E-state index in [0.717, 1.165) is 17.7 Å². The Balaban J connectivity index is 2.40. The number of hydrogen-bond donors (Lipinski definition) is 0. The monoisotopic (exact) mass is 193 g/mol. The van der Waals surface area contributed by atoms with E-state index in [-0.39, 0.29) is 16.2 Å². The van der Waals surface area contributed by atoms with E-state index >= 15 is 0 Å². The minimum Gasteiger partial charge on any atom is -0.487 e. The number of non-ortho nitro benzene ring substituents is 1. The number of rotatable bonds is 1. The number of fused-ring (bicyclic) bond motifs is 1. The van der Waals surface area contributed by atoms with Crippen molar-refractivity contribution in [3.63, 3.8) is 0 Å². The number of nitro groups is 1. The molecule has 1 heterocycles. The lowest BCUT2D eigenvalue weighted by Gasteiger charge is -2.16. The molecule has 4 nitrogen and oxygen atoms in total. The third-order valence-electron chi connectivity index (χ3n) is 2.26. The minimum absolute atomic E-state index is 0.130. The van der Waals surface area contributed by atoms with Crippen LogP contribution in [-0.4, -0.2) is 10.5 Å². The molecule has 1 aromatic rings. The van der Waals surface area contributed by atoms with Crippen molar-refractivity contribution in [2.45, 2.75) is 25.9 Å². The molecule has 0 aliphatic carbocycles. The summed E-state index contributed by atoms with van der Waals surface area (Å²) >= 11 is 0. The van der Waals surface area contributed by atoms with E-state index in [2.05, 4.69) is 0 Å². The first kappa shape index (κ1) is 8.99. The van der Waals surface area contributed by atoms with Gasteiger partial charge in [0, 0.05) is 24.1 Å². The van der Waals surface area contributed by atoms with Gasteiger partial charge in [-0.1, -0.05) is 0 Å². The molecule has 1 aromatic carbocycles. The van der Waals surface area contributed by atoms with Crippen molar-refractivity contribution in [3.05, 3.63) is 33.9 Å². The van der Waals surface area contributed by atoms with Crippen LogP contribution in [0.4, 0.5) is 5.69 Å². The first-order valence-electron chi connectivity index (χ1n) is 4.44. The van der Waals surface area contributed by atoms with Crippen LogP contribution in [0.1, 0.15) is 19.4 Å². The molecule has 0 saturated heterocycles. The molecular weight excluding hydrogens is 182 g/mol. The van der Waals surface area contributed by atoms with Gasteiger partial charge in [-0.15, -0.1) is 0 Å². The quantitative estimate of drug-likeness (QED) is 0.508. The van der Waals surface area contributed by atoms with Crippen molar-refractivity contribution in [3.8, 4) is 5.75 Å². The van der Waals surface area contributed by atoms with Gasteiger partial charge in [-0.3, -0.25) is 10.1 Å². The molecule has 0 radical (unpaired) electrons. The summed E-state index contributed by atoms with van der Waals surface area (Å²) < 4.78 is 5.61. The summed E-state index contributed by atoms with van der Waals surface area (Å²) in [4.78, 5) is 10.1. The summed E-state index contributed by atoms with van der Waals surface area (Å²) in [5.41, 5.74) is 0.812. The molecule has 74 valence electrons. The number of ether oxygens (including phenoxy) is 1. The maximum Gasteiger partial charge on any atom is 0.269 e. The fourth-order valence-corrected chi connectivity index (χ4v) is 1.71. The Kier molecular flexibility index (Phi) is 1.74. The van der Waals surface area contributed by atoms with Crippen LogP contribution in [0.5, 0.6) is 5.75 Å². The SMILES string of the molecule is CC1(C)Cc2cc([N+](=O)[O-])ccc2O1. The zero-order valence-corrected chi connectivity index (χ0v) is 8.11. The minimum atomic E-state index is -0.383. The molecule has 0 atom stereocenters. The topological polar surface area (TPSA) is 52.4 Å². The Hall–Kier alpha value is -1.58. The fourth-order valence-electron chi connectivity index (χ4n) is 1.71. The average Bonchev–Trinajstić information content (AvgIpc) is 2.36. The van der Waals surface area contributed by atoms with Gasteiger partial charge in [0.2, 0.25) is 0 Å². The predicted octanol–water partition coefficient (Wildman–Crippen LogP) is 2.31. The lowest BCUT2D eigenvalue weighted by Crippen LogP contribution is -2.24. The van der Waals surface area contributed by atoms with Gasteiger partial charge >= 0.3 is 0 Å². The van der Waals surface area contributed by atoms with E-state index < -0.39 is 0 Å². The van der Waals surface area contributed by atoms with Crippen molar-refractivity contribution in [1.29, 1.82) is 0 Å². The molecule has 0 amide bonds. The van der Waals surface area contributed by atoms with E-state index in [9.17, 15) is 10.1 Å². The van der Waals surface area contributed by atoms with Crippen molar-refractivity contribution >= 4 is 5.69 Å². The lowest BCUT2D eigenvalue weighted by molar-refractivity contribution is -0.384. The summed E-state index contributed by atoms with van der Waals surface area (Å²) in [6.45, 7) is 3.94. The van der Waals surface area contributed by atoms with Crippen LogP contribution >= 0.6 is 0 Å². The molecule has 14 heavy (non-hydrogen) atoms. The third-order valence-corrected chi connectivity index (χ3v) is 2.26. The zero-order chi connectivity index (χ0) is 10.3. The van der Waals surface area contributed by atoms with Crippen LogP contribution in [0.25, 0.3) is 0 Å².